The van der Waals surface area contributed by atoms with E-state index in [0.29, 0.717) is 44.4 Å². The van der Waals surface area contributed by atoms with Crippen molar-refractivity contribution >= 4 is 11.8 Å². The van der Waals surface area contributed by atoms with Gasteiger partial charge in [-0.3, -0.25) is 9.59 Å². The lowest BCUT2D eigenvalue weighted by Gasteiger charge is -2.37. The van der Waals surface area contributed by atoms with Crippen molar-refractivity contribution in [3.8, 4) is 5.75 Å². The highest BCUT2D eigenvalue weighted by Gasteiger charge is 2.36. The largest absolute Gasteiger partial charge is 0.481 e. The van der Waals surface area contributed by atoms with E-state index in [1.807, 2.05) is 34.1 Å². The van der Waals surface area contributed by atoms with Gasteiger partial charge in [0.05, 0.1) is 0 Å². The lowest BCUT2D eigenvalue weighted by atomic mass is 9.94. The number of carbonyl (C=O) groups is 2. The summed E-state index contributed by atoms with van der Waals surface area (Å²) in [6, 6.07) is 7.87. The Bertz CT molecular complexity index is 668. The van der Waals surface area contributed by atoms with E-state index in [4.69, 9.17) is 10.5 Å². The zero-order chi connectivity index (χ0) is 20.1. The minimum atomic E-state index is -0.536. The topological polar surface area (TPSA) is 75.9 Å². The number of hydrogen-bond donors (Lipinski definition) is 1. The van der Waals surface area contributed by atoms with Crippen LogP contribution in [-0.4, -0.2) is 60.4 Å². The molecular weight excluding hydrogens is 354 g/mol. The predicted molar refractivity (Wildman–Crippen MR) is 109 cm³/mol. The second-order valence-electron chi connectivity index (χ2n) is 7.94. The van der Waals surface area contributed by atoms with Gasteiger partial charge in [0.2, 0.25) is 5.91 Å². The monoisotopic (exact) mass is 387 g/mol. The van der Waals surface area contributed by atoms with Crippen LogP contribution in [-0.2, 0) is 16.0 Å². The zero-order valence-electron chi connectivity index (χ0n) is 17.1. The van der Waals surface area contributed by atoms with Crippen molar-refractivity contribution in [2.24, 2.45) is 17.6 Å². The molecule has 154 valence electrons. The fourth-order valence-electron chi connectivity index (χ4n) is 4.34. The molecule has 6 nitrogen and oxygen atoms in total. The number of rotatable bonds is 6. The molecule has 1 saturated carbocycles. The van der Waals surface area contributed by atoms with Crippen LogP contribution in [0.2, 0.25) is 0 Å². The zero-order valence-corrected chi connectivity index (χ0v) is 17.1. The van der Waals surface area contributed by atoms with Gasteiger partial charge in [0.1, 0.15) is 5.75 Å². The fraction of sp³-hybridized carbons (Fsp3) is 0.636. The molecule has 1 aromatic rings. The van der Waals surface area contributed by atoms with Gasteiger partial charge in [-0.2, -0.15) is 0 Å². The fourth-order valence-corrected chi connectivity index (χ4v) is 4.34. The average molecular weight is 388 g/mol. The van der Waals surface area contributed by atoms with Gasteiger partial charge >= 0.3 is 0 Å². The van der Waals surface area contributed by atoms with Crippen LogP contribution in [0.15, 0.2) is 24.3 Å². The molecule has 1 saturated heterocycles. The number of ether oxygens (including phenoxy) is 1. The maximum absolute atomic E-state index is 12.8. The molecule has 0 aromatic heterocycles. The third kappa shape index (κ3) is 4.66. The summed E-state index contributed by atoms with van der Waals surface area (Å²) in [6.07, 6.45) is 3.53. The molecule has 1 aliphatic carbocycles. The Labute approximate surface area is 168 Å². The van der Waals surface area contributed by atoms with Crippen molar-refractivity contribution in [1.82, 2.24) is 9.80 Å². The minimum absolute atomic E-state index is 0.0210. The second-order valence-corrected chi connectivity index (χ2v) is 7.94. The van der Waals surface area contributed by atoms with Crippen LogP contribution in [0, 0.1) is 11.8 Å². The van der Waals surface area contributed by atoms with Crippen LogP contribution in [0.1, 0.15) is 38.7 Å². The van der Waals surface area contributed by atoms with Crippen LogP contribution in [0.25, 0.3) is 0 Å². The van der Waals surface area contributed by atoms with Gasteiger partial charge in [0.15, 0.2) is 6.10 Å². The van der Waals surface area contributed by atoms with Gasteiger partial charge in [-0.05, 0) is 56.3 Å². The van der Waals surface area contributed by atoms with E-state index in [0.717, 1.165) is 25.7 Å². The van der Waals surface area contributed by atoms with E-state index in [-0.39, 0.29) is 17.7 Å². The van der Waals surface area contributed by atoms with Crippen molar-refractivity contribution < 1.29 is 14.3 Å². The molecule has 0 bridgehead atoms. The van der Waals surface area contributed by atoms with E-state index in [9.17, 15) is 9.59 Å². The highest BCUT2D eigenvalue weighted by molar-refractivity contribution is 5.82. The Kier molecular flexibility index (Phi) is 6.94. The van der Waals surface area contributed by atoms with Gasteiger partial charge in [-0.25, -0.2) is 0 Å². The molecule has 6 heteroatoms. The van der Waals surface area contributed by atoms with Crippen LogP contribution < -0.4 is 10.5 Å². The number of benzene rings is 1. The highest BCUT2D eigenvalue weighted by atomic mass is 16.5. The summed E-state index contributed by atoms with van der Waals surface area (Å²) >= 11 is 0. The number of nitrogens with two attached hydrogens (primary N) is 1. The summed E-state index contributed by atoms with van der Waals surface area (Å²) in [5.41, 5.74) is 7.07. The molecule has 2 amide bonds. The van der Waals surface area contributed by atoms with Crippen LogP contribution in [0.3, 0.4) is 0 Å². The standard InChI is InChI=1S/C22H33N3O3/c1-3-17-7-9-19(10-8-17)28-16(2)21(26)24-11-13-25(14-12-24)22(27)20-6-4-5-18(20)15-23/h7-10,16,18,20H,3-6,11-15,23H2,1-2H3/t16?,18-,20-/m1/s1. The number of hydrogen-bond acceptors (Lipinski definition) is 4. The molecule has 2 N–H and O–H groups in total. The van der Waals surface area contributed by atoms with Gasteiger partial charge in [0.25, 0.3) is 5.91 Å². The first-order valence-electron chi connectivity index (χ1n) is 10.6. The summed E-state index contributed by atoms with van der Waals surface area (Å²) in [6.45, 7) is 6.79. The molecule has 1 aliphatic heterocycles. The maximum Gasteiger partial charge on any atom is 0.263 e. The first-order chi connectivity index (χ1) is 13.5. The van der Waals surface area contributed by atoms with E-state index < -0.39 is 6.10 Å². The lowest BCUT2D eigenvalue weighted by Crippen LogP contribution is -2.54. The summed E-state index contributed by atoms with van der Waals surface area (Å²) in [5, 5.41) is 0. The van der Waals surface area contributed by atoms with Crippen molar-refractivity contribution in [2.45, 2.75) is 45.6 Å². The van der Waals surface area contributed by atoms with Crippen molar-refractivity contribution in [2.75, 3.05) is 32.7 Å². The summed E-state index contributed by atoms with van der Waals surface area (Å²) < 4.78 is 5.83. The van der Waals surface area contributed by atoms with E-state index >= 15 is 0 Å². The normalized spacial score (nSPS) is 23.5. The molecule has 3 atom stereocenters. The van der Waals surface area contributed by atoms with Gasteiger partial charge < -0.3 is 20.3 Å². The second kappa shape index (κ2) is 9.41. The van der Waals surface area contributed by atoms with Crippen molar-refractivity contribution in [3.05, 3.63) is 29.8 Å². The van der Waals surface area contributed by atoms with Crippen molar-refractivity contribution in [1.29, 1.82) is 0 Å². The highest BCUT2D eigenvalue weighted by Crippen LogP contribution is 2.32. The number of aryl methyl sites for hydroxylation is 1. The molecule has 1 aromatic carbocycles. The number of piperazine rings is 1. The van der Waals surface area contributed by atoms with Gasteiger partial charge in [0, 0.05) is 32.1 Å². The number of nitrogens with zero attached hydrogens (tertiary/aromatic N) is 2. The average Bonchev–Trinajstić information content (AvgIpc) is 3.22. The molecule has 0 spiro atoms. The van der Waals surface area contributed by atoms with Crippen molar-refractivity contribution in [3.63, 3.8) is 0 Å². The molecule has 0 radical (unpaired) electrons. The Balaban J connectivity index is 1.49. The molecule has 2 fully saturated rings. The third-order valence-electron chi connectivity index (χ3n) is 6.17. The summed E-state index contributed by atoms with van der Waals surface area (Å²) in [4.78, 5) is 29.3. The first kappa shape index (κ1) is 20.6. The molecule has 2 aliphatic rings. The Morgan fingerprint density at radius 2 is 1.75 bits per heavy atom. The Morgan fingerprint density at radius 3 is 2.36 bits per heavy atom. The van der Waals surface area contributed by atoms with Crippen LogP contribution >= 0.6 is 0 Å². The molecule has 1 heterocycles. The smallest absolute Gasteiger partial charge is 0.263 e. The number of amides is 2. The van der Waals surface area contributed by atoms with E-state index in [2.05, 4.69) is 6.92 Å². The minimum Gasteiger partial charge on any atom is -0.481 e. The van der Waals surface area contributed by atoms with E-state index in [1.54, 1.807) is 6.92 Å². The number of carbonyl (C=O) groups excluding carboxylic acids is 2. The quantitative estimate of drug-likeness (QED) is 0.811. The SMILES string of the molecule is CCc1ccc(OC(C)C(=O)N2CCN(C(=O)[C@@H]3CCC[C@@H]3CN)CC2)cc1. The predicted octanol–water partition coefficient (Wildman–Crippen LogP) is 2.06. The van der Waals surface area contributed by atoms with Gasteiger partial charge in [-0.15, -0.1) is 0 Å². The lowest BCUT2D eigenvalue weighted by molar-refractivity contribution is -0.145. The molecule has 3 rings (SSSR count). The maximum atomic E-state index is 12.8. The van der Waals surface area contributed by atoms with E-state index in [1.165, 1.54) is 5.56 Å². The molecule has 28 heavy (non-hydrogen) atoms. The van der Waals surface area contributed by atoms with Gasteiger partial charge in [-0.1, -0.05) is 25.5 Å². The summed E-state index contributed by atoms with van der Waals surface area (Å²) in [5.74, 6) is 1.30. The molecular formula is C22H33N3O3. The Hall–Kier alpha value is -2.08. The Morgan fingerprint density at radius 1 is 1.11 bits per heavy atom. The van der Waals surface area contributed by atoms with Crippen LogP contribution in [0.5, 0.6) is 5.75 Å². The van der Waals surface area contributed by atoms with Crippen LogP contribution in [0.4, 0.5) is 0 Å². The first-order valence-corrected chi connectivity index (χ1v) is 10.6. The third-order valence-corrected chi connectivity index (χ3v) is 6.17. The summed E-state index contributed by atoms with van der Waals surface area (Å²) in [7, 11) is 0. The molecule has 1 unspecified atom stereocenters.